The van der Waals surface area contributed by atoms with Crippen molar-refractivity contribution >= 4 is 50.5 Å². The largest absolute Gasteiger partial charge is 0.310 e. The molecule has 1 N–H and O–H groups in total. The number of thiophene rings is 1. The third-order valence-electron chi connectivity index (χ3n) is 2.89. The highest BCUT2D eigenvalue weighted by molar-refractivity contribution is 9.10. The van der Waals surface area contributed by atoms with Gasteiger partial charge in [0.2, 0.25) is 0 Å². The zero-order valence-electron chi connectivity index (χ0n) is 10.4. The Hall–Kier alpha value is -0.0600. The highest BCUT2D eigenvalue weighted by atomic mass is 79.9. The number of hydrogen-bond donors (Lipinski definition) is 1. The predicted octanol–water partition coefficient (Wildman–Crippen LogP) is 5.71. The van der Waals surface area contributed by atoms with Gasteiger partial charge in [-0.05, 0) is 30.7 Å². The lowest BCUT2D eigenvalue weighted by atomic mass is 10.0. The molecule has 102 valence electrons. The van der Waals surface area contributed by atoms with E-state index in [9.17, 15) is 0 Å². The van der Waals surface area contributed by atoms with Crippen molar-refractivity contribution in [1.29, 1.82) is 0 Å². The molecule has 1 aromatic heterocycles. The van der Waals surface area contributed by atoms with Gasteiger partial charge in [0.25, 0.3) is 0 Å². The van der Waals surface area contributed by atoms with E-state index in [1.807, 2.05) is 18.2 Å². The second kappa shape index (κ2) is 7.09. The summed E-state index contributed by atoms with van der Waals surface area (Å²) in [6, 6.07) is 10.4. The molecule has 1 atom stereocenters. The summed E-state index contributed by atoms with van der Waals surface area (Å²) < 4.78 is 2.62. The normalized spacial score (nSPS) is 12.6. The van der Waals surface area contributed by atoms with Crippen molar-refractivity contribution < 1.29 is 0 Å². The third kappa shape index (κ3) is 3.96. The Kier molecular flexibility index (Phi) is 5.72. The maximum atomic E-state index is 6.26. The smallest absolute Gasteiger partial charge is 0.0992 e. The van der Waals surface area contributed by atoms with Gasteiger partial charge in [-0.3, -0.25) is 0 Å². The van der Waals surface area contributed by atoms with Crippen molar-refractivity contribution in [2.45, 2.75) is 19.4 Å². The molecule has 5 heteroatoms. The zero-order chi connectivity index (χ0) is 13.8. The van der Waals surface area contributed by atoms with Crippen molar-refractivity contribution in [3.63, 3.8) is 0 Å². The standard InChI is InChI=1S/C14H14BrCl2NS/c1-2-18-12(10-8-13(16)19-14(10)17)7-9-5-3-4-6-11(9)15/h3-6,8,12,18H,2,7H2,1H3. The Bertz CT molecular complexity index is 556. The van der Waals surface area contributed by atoms with E-state index in [1.165, 1.54) is 16.9 Å². The molecule has 0 aliphatic carbocycles. The number of hydrogen-bond acceptors (Lipinski definition) is 2. The third-order valence-corrected chi connectivity index (χ3v) is 5.18. The molecule has 0 spiro atoms. The molecular weight excluding hydrogens is 365 g/mol. The molecule has 2 rings (SSSR count). The van der Waals surface area contributed by atoms with E-state index < -0.39 is 0 Å². The van der Waals surface area contributed by atoms with E-state index in [4.69, 9.17) is 23.2 Å². The average Bonchev–Trinajstić information content (AvgIpc) is 2.70. The van der Waals surface area contributed by atoms with E-state index in [0.29, 0.717) is 0 Å². The monoisotopic (exact) mass is 377 g/mol. The lowest BCUT2D eigenvalue weighted by Crippen LogP contribution is -2.22. The van der Waals surface area contributed by atoms with E-state index >= 15 is 0 Å². The molecule has 1 unspecified atom stereocenters. The van der Waals surface area contributed by atoms with Crippen LogP contribution in [0.5, 0.6) is 0 Å². The van der Waals surface area contributed by atoms with Gasteiger partial charge in [0, 0.05) is 16.1 Å². The van der Waals surface area contributed by atoms with E-state index in [1.54, 1.807) is 0 Å². The van der Waals surface area contributed by atoms with Gasteiger partial charge in [-0.2, -0.15) is 0 Å². The van der Waals surface area contributed by atoms with Crippen LogP contribution in [0.4, 0.5) is 0 Å². The molecule has 1 nitrogen and oxygen atoms in total. The molecule has 0 saturated carbocycles. The van der Waals surface area contributed by atoms with Crippen LogP contribution in [0.15, 0.2) is 34.8 Å². The fourth-order valence-electron chi connectivity index (χ4n) is 2.01. The molecule has 0 fully saturated rings. The second-order valence-corrected chi connectivity index (χ2v) is 7.33. The van der Waals surface area contributed by atoms with Crippen LogP contribution < -0.4 is 5.32 Å². The van der Waals surface area contributed by atoms with Crippen LogP contribution in [-0.2, 0) is 6.42 Å². The van der Waals surface area contributed by atoms with Crippen LogP contribution >= 0.6 is 50.5 Å². The Balaban J connectivity index is 2.26. The average molecular weight is 379 g/mol. The SMILES string of the molecule is CCNC(Cc1ccccc1Br)c1cc(Cl)sc1Cl. The van der Waals surface area contributed by atoms with Gasteiger partial charge in [-0.25, -0.2) is 0 Å². The maximum Gasteiger partial charge on any atom is 0.0992 e. The summed E-state index contributed by atoms with van der Waals surface area (Å²) in [7, 11) is 0. The molecule has 0 bridgehead atoms. The van der Waals surface area contributed by atoms with Gasteiger partial charge in [0.05, 0.1) is 8.67 Å². The summed E-state index contributed by atoms with van der Waals surface area (Å²) >= 11 is 17.3. The zero-order valence-corrected chi connectivity index (χ0v) is 14.3. The number of benzene rings is 1. The van der Waals surface area contributed by atoms with Crippen molar-refractivity contribution in [3.05, 3.63) is 54.6 Å². The minimum atomic E-state index is 0.181. The molecule has 0 saturated heterocycles. The highest BCUT2D eigenvalue weighted by Gasteiger charge is 2.18. The molecular formula is C14H14BrCl2NS. The van der Waals surface area contributed by atoms with E-state index in [2.05, 4.69) is 40.3 Å². The molecule has 19 heavy (non-hydrogen) atoms. The van der Waals surface area contributed by atoms with Gasteiger partial charge in [-0.15, -0.1) is 11.3 Å². The first kappa shape index (κ1) is 15.3. The molecule has 1 aromatic carbocycles. The van der Waals surface area contributed by atoms with Gasteiger partial charge in [0.15, 0.2) is 0 Å². The van der Waals surface area contributed by atoms with Crippen LogP contribution in [0.1, 0.15) is 24.1 Å². The predicted molar refractivity (Wildman–Crippen MR) is 88.6 cm³/mol. The van der Waals surface area contributed by atoms with Crippen molar-refractivity contribution in [1.82, 2.24) is 5.32 Å². The Morgan fingerprint density at radius 3 is 2.63 bits per heavy atom. The molecule has 2 aromatic rings. The maximum absolute atomic E-state index is 6.26. The fourth-order valence-corrected chi connectivity index (χ4v) is 4.04. The Labute approximate surface area is 136 Å². The van der Waals surface area contributed by atoms with E-state index in [-0.39, 0.29) is 6.04 Å². The Morgan fingerprint density at radius 1 is 1.32 bits per heavy atom. The second-order valence-electron chi connectivity index (χ2n) is 4.19. The number of rotatable bonds is 5. The number of likely N-dealkylation sites (N-methyl/N-ethyl adjacent to an activating group) is 1. The van der Waals surface area contributed by atoms with Crippen LogP contribution in [0, 0.1) is 0 Å². The number of nitrogens with one attached hydrogen (secondary N) is 1. The fraction of sp³-hybridized carbons (Fsp3) is 0.286. The molecule has 0 amide bonds. The first-order valence-corrected chi connectivity index (χ1v) is 8.40. The quantitative estimate of drug-likeness (QED) is 0.702. The first-order valence-electron chi connectivity index (χ1n) is 6.03. The van der Waals surface area contributed by atoms with Crippen LogP contribution in [0.25, 0.3) is 0 Å². The molecule has 0 radical (unpaired) electrons. The van der Waals surface area contributed by atoms with Crippen molar-refractivity contribution in [3.8, 4) is 0 Å². The topological polar surface area (TPSA) is 12.0 Å². The van der Waals surface area contributed by atoms with Crippen molar-refractivity contribution in [2.75, 3.05) is 6.54 Å². The number of halogens is 3. The summed E-state index contributed by atoms with van der Waals surface area (Å²) in [6.45, 7) is 2.98. The van der Waals surface area contributed by atoms with E-state index in [0.717, 1.165) is 31.7 Å². The van der Waals surface area contributed by atoms with Gasteiger partial charge < -0.3 is 5.32 Å². The van der Waals surface area contributed by atoms with Gasteiger partial charge in [-0.1, -0.05) is 64.3 Å². The van der Waals surface area contributed by atoms with Crippen LogP contribution in [-0.4, -0.2) is 6.54 Å². The van der Waals surface area contributed by atoms with Gasteiger partial charge in [0.1, 0.15) is 0 Å². The summed E-state index contributed by atoms with van der Waals surface area (Å²) in [5, 5.41) is 3.47. The molecule has 0 aliphatic heterocycles. The summed E-state index contributed by atoms with van der Waals surface area (Å²) in [5.74, 6) is 0. The highest BCUT2D eigenvalue weighted by Crippen LogP contribution is 2.36. The minimum Gasteiger partial charge on any atom is -0.310 e. The lowest BCUT2D eigenvalue weighted by Gasteiger charge is -2.18. The first-order chi connectivity index (χ1) is 9.11. The summed E-state index contributed by atoms with van der Waals surface area (Å²) in [5.41, 5.74) is 2.33. The van der Waals surface area contributed by atoms with Crippen LogP contribution in [0.2, 0.25) is 8.67 Å². The van der Waals surface area contributed by atoms with Crippen molar-refractivity contribution in [2.24, 2.45) is 0 Å². The Morgan fingerprint density at radius 2 is 2.05 bits per heavy atom. The minimum absolute atomic E-state index is 0.181. The van der Waals surface area contributed by atoms with Gasteiger partial charge >= 0.3 is 0 Å². The molecule has 0 aliphatic rings. The summed E-state index contributed by atoms with van der Waals surface area (Å²) in [4.78, 5) is 0. The lowest BCUT2D eigenvalue weighted by molar-refractivity contribution is 0.550. The summed E-state index contributed by atoms with van der Waals surface area (Å²) in [6.07, 6.45) is 0.877. The molecule has 1 heterocycles. The van der Waals surface area contributed by atoms with Crippen LogP contribution in [0.3, 0.4) is 0 Å².